The molecular formula is C9H14N2O5S2. The lowest BCUT2D eigenvalue weighted by molar-refractivity contribution is 0.476. The maximum Gasteiger partial charge on any atom is 0.301 e. The van der Waals surface area contributed by atoms with E-state index in [2.05, 4.69) is 4.72 Å². The first kappa shape index (κ1) is 14.7. The normalized spacial score (nSPS) is 12.7. The predicted octanol–water partition coefficient (Wildman–Crippen LogP) is 0.0140. The largest absolute Gasteiger partial charge is 0.506 e. The van der Waals surface area contributed by atoms with E-state index in [1.807, 2.05) is 0 Å². The van der Waals surface area contributed by atoms with E-state index in [-0.39, 0.29) is 16.3 Å². The van der Waals surface area contributed by atoms with Gasteiger partial charge in [0.05, 0.1) is 10.6 Å². The Morgan fingerprint density at radius 1 is 1.17 bits per heavy atom. The minimum atomic E-state index is -3.81. The molecule has 1 aromatic rings. The van der Waals surface area contributed by atoms with Crippen molar-refractivity contribution in [2.45, 2.75) is 4.90 Å². The Kier molecular flexibility index (Phi) is 3.89. The van der Waals surface area contributed by atoms with E-state index in [1.54, 1.807) is 0 Å². The van der Waals surface area contributed by atoms with E-state index in [0.29, 0.717) is 0 Å². The maximum atomic E-state index is 11.6. The maximum absolute atomic E-state index is 11.6. The summed E-state index contributed by atoms with van der Waals surface area (Å²) in [6, 6.07) is 3.37. The molecule has 1 rings (SSSR count). The number of nitrogens with zero attached hydrogens (tertiary/aromatic N) is 1. The van der Waals surface area contributed by atoms with Crippen LogP contribution in [0.4, 0.5) is 5.69 Å². The zero-order valence-corrected chi connectivity index (χ0v) is 11.7. The summed E-state index contributed by atoms with van der Waals surface area (Å²) < 4.78 is 48.8. The van der Waals surface area contributed by atoms with Crippen LogP contribution in [0.1, 0.15) is 0 Å². The molecule has 0 saturated heterocycles. The lowest BCUT2D eigenvalue weighted by Crippen LogP contribution is -2.29. The van der Waals surface area contributed by atoms with Crippen LogP contribution in [0.25, 0.3) is 0 Å². The van der Waals surface area contributed by atoms with E-state index >= 15 is 0 Å². The van der Waals surface area contributed by atoms with Crippen molar-refractivity contribution in [3.8, 4) is 5.75 Å². The second kappa shape index (κ2) is 4.75. The zero-order valence-electron chi connectivity index (χ0n) is 10.1. The highest BCUT2D eigenvalue weighted by Crippen LogP contribution is 2.27. The molecule has 7 nitrogen and oxygen atoms in total. The fraction of sp³-hybridized carbons (Fsp3) is 0.333. The Morgan fingerprint density at radius 3 is 2.17 bits per heavy atom. The average molecular weight is 294 g/mol. The molecule has 0 fully saturated rings. The minimum absolute atomic E-state index is 0.0863. The Hall–Kier alpha value is -1.32. The van der Waals surface area contributed by atoms with Gasteiger partial charge in [-0.05, 0) is 18.2 Å². The summed E-state index contributed by atoms with van der Waals surface area (Å²) >= 11 is 0. The molecular weight excluding hydrogens is 280 g/mol. The first-order valence-electron chi connectivity index (χ1n) is 4.77. The van der Waals surface area contributed by atoms with Crippen molar-refractivity contribution in [3.05, 3.63) is 18.2 Å². The molecule has 0 spiro atoms. The molecule has 0 saturated carbocycles. The first-order chi connectivity index (χ1) is 8.04. The van der Waals surface area contributed by atoms with Gasteiger partial charge < -0.3 is 5.11 Å². The predicted molar refractivity (Wildman–Crippen MR) is 67.4 cm³/mol. The monoisotopic (exact) mass is 294 g/mol. The van der Waals surface area contributed by atoms with Crippen LogP contribution in [0, 0.1) is 0 Å². The molecule has 0 aliphatic carbocycles. The molecule has 0 aliphatic rings. The van der Waals surface area contributed by atoms with Crippen LogP contribution in [0.15, 0.2) is 23.1 Å². The molecule has 0 heterocycles. The fourth-order valence-electron chi connectivity index (χ4n) is 1.06. The summed E-state index contributed by atoms with van der Waals surface area (Å²) in [6.45, 7) is 0. The smallest absolute Gasteiger partial charge is 0.301 e. The number of hydrogen-bond donors (Lipinski definition) is 2. The van der Waals surface area contributed by atoms with Crippen molar-refractivity contribution in [1.82, 2.24) is 4.31 Å². The third kappa shape index (κ3) is 3.34. The lowest BCUT2D eigenvalue weighted by atomic mass is 10.3. The second-order valence-corrected chi connectivity index (χ2v) is 7.74. The van der Waals surface area contributed by atoms with E-state index in [1.165, 1.54) is 20.2 Å². The summed E-state index contributed by atoms with van der Waals surface area (Å²) in [5.74, 6) is -0.354. The minimum Gasteiger partial charge on any atom is -0.506 e. The number of hydrogen-bond acceptors (Lipinski definition) is 5. The highest BCUT2D eigenvalue weighted by Gasteiger charge is 2.17. The summed E-state index contributed by atoms with van der Waals surface area (Å²) in [4.78, 5) is -0.0863. The van der Waals surface area contributed by atoms with Gasteiger partial charge in [-0.2, -0.15) is 12.7 Å². The van der Waals surface area contributed by atoms with Crippen LogP contribution in [0.3, 0.4) is 0 Å². The Labute approximate surface area is 106 Å². The van der Waals surface area contributed by atoms with Crippen LogP contribution in [-0.4, -0.2) is 46.6 Å². The number of phenols is 1. The van der Waals surface area contributed by atoms with Crippen LogP contribution >= 0.6 is 0 Å². The van der Waals surface area contributed by atoms with Gasteiger partial charge in [0, 0.05) is 20.4 Å². The van der Waals surface area contributed by atoms with E-state index in [0.717, 1.165) is 22.7 Å². The van der Waals surface area contributed by atoms with E-state index < -0.39 is 20.0 Å². The van der Waals surface area contributed by atoms with Crippen LogP contribution < -0.4 is 4.72 Å². The van der Waals surface area contributed by atoms with Crippen LogP contribution in [0.5, 0.6) is 5.75 Å². The summed E-state index contributed by atoms with van der Waals surface area (Å²) in [6.07, 6.45) is 0.990. The molecule has 0 bridgehead atoms. The van der Waals surface area contributed by atoms with Gasteiger partial charge in [0.25, 0.3) is 0 Å². The fourth-order valence-corrected chi connectivity index (χ4v) is 2.33. The quantitative estimate of drug-likeness (QED) is 0.762. The number of anilines is 1. The molecule has 18 heavy (non-hydrogen) atoms. The lowest BCUT2D eigenvalue weighted by Gasteiger charge is -2.14. The molecule has 9 heteroatoms. The average Bonchev–Trinajstić information content (AvgIpc) is 2.19. The van der Waals surface area contributed by atoms with Gasteiger partial charge in [-0.25, -0.2) is 8.42 Å². The Balaban J connectivity index is 3.27. The molecule has 2 N–H and O–H groups in total. The third-order valence-electron chi connectivity index (χ3n) is 2.12. The van der Waals surface area contributed by atoms with Gasteiger partial charge in [-0.1, -0.05) is 0 Å². The molecule has 1 aromatic carbocycles. The summed E-state index contributed by atoms with van der Waals surface area (Å²) in [7, 11) is -4.67. The molecule has 0 amide bonds. The summed E-state index contributed by atoms with van der Waals surface area (Å²) in [5.41, 5.74) is -0.188. The second-order valence-electron chi connectivity index (χ2n) is 3.84. The first-order valence-corrected chi connectivity index (χ1v) is 8.10. The van der Waals surface area contributed by atoms with Gasteiger partial charge in [-0.15, -0.1) is 0 Å². The Morgan fingerprint density at radius 2 is 1.72 bits per heavy atom. The number of benzene rings is 1. The molecule has 0 aliphatic heterocycles. The van der Waals surface area contributed by atoms with Crippen molar-refractivity contribution < 1.29 is 21.9 Å². The van der Waals surface area contributed by atoms with Crippen molar-refractivity contribution in [2.75, 3.05) is 25.1 Å². The van der Waals surface area contributed by atoms with Gasteiger partial charge in [-0.3, -0.25) is 4.72 Å². The highest BCUT2D eigenvalue weighted by atomic mass is 32.2. The molecule has 0 unspecified atom stereocenters. The summed E-state index contributed by atoms with van der Waals surface area (Å²) in [5, 5.41) is 9.51. The zero-order chi connectivity index (χ0) is 14.1. The van der Waals surface area contributed by atoms with Crippen molar-refractivity contribution in [1.29, 1.82) is 0 Å². The standard InChI is InChI=1S/C9H14N2O5S2/c1-11(2)18(15,16)10-8-6-7(17(3,13)14)4-5-9(8)12/h4-6,10,12H,1-3H3. The SMILES string of the molecule is CN(C)S(=O)(=O)Nc1cc(S(C)(=O)=O)ccc1O. The van der Waals surface area contributed by atoms with Crippen molar-refractivity contribution in [2.24, 2.45) is 0 Å². The number of nitrogens with one attached hydrogen (secondary N) is 1. The van der Waals surface area contributed by atoms with Gasteiger partial charge in [0.1, 0.15) is 5.75 Å². The third-order valence-corrected chi connectivity index (χ3v) is 4.67. The number of phenolic OH excluding ortho intramolecular Hbond substituents is 1. The molecule has 0 radical (unpaired) electrons. The van der Waals surface area contributed by atoms with Crippen molar-refractivity contribution in [3.63, 3.8) is 0 Å². The molecule has 0 aromatic heterocycles. The highest BCUT2D eigenvalue weighted by molar-refractivity contribution is 7.91. The van der Waals surface area contributed by atoms with Gasteiger partial charge >= 0.3 is 10.2 Å². The van der Waals surface area contributed by atoms with Crippen molar-refractivity contribution >= 4 is 25.7 Å². The topological polar surface area (TPSA) is 104 Å². The van der Waals surface area contributed by atoms with Crippen LogP contribution in [-0.2, 0) is 20.0 Å². The van der Waals surface area contributed by atoms with Gasteiger partial charge in [0.15, 0.2) is 9.84 Å². The number of rotatable bonds is 4. The number of sulfone groups is 1. The van der Waals surface area contributed by atoms with Crippen LogP contribution in [0.2, 0.25) is 0 Å². The van der Waals surface area contributed by atoms with E-state index in [4.69, 9.17) is 0 Å². The number of aromatic hydroxyl groups is 1. The van der Waals surface area contributed by atoms with E-state index in [9.17, 15) is 21.9 Å². The molecule has 0 atom stereocenters. The van der Waals surface area contributed by atoms with Gasteiger partial charge in [0.2, 0.25) is 0 Å². The molecule has 102 valence electrons. The Bertz CT molecular complexity index is 650.